The molecule has 0 aromatic heterocycles. The van der Waals surface area contributed by atoms with Crippen molar-refractivity contribution < 1.29 is 13.2 Å². The molecule has 0 amide bonds. The molecule has 0 aliphatic carbocycles. The number of hydrogen-bond donors (Lipinski definition) is 1. The minimum Gasteiger partial charge on any atom is -0.497 e. The summed E-state index contributed by atoms with van der Waals surface area (Å²) in [5.41, 5.74) is 3.73. The third kappa shape index (κ3) is 4.00. The molecule has 6 nitrogen and oxygen atoms in total. The van der Waals surface area contributed by atoms with Gasteiger partial charge in [0, 0.05) is 10.6 Å². The molecule has 0 fully saturated rings. The largest absolute Gasteiger partial charge is 0.497 e. The van der Waals surface area contributed by atoms with Gasteiger partial charge in [-0.15, -0.1) is 0 Å². The number of benzene rings is 3. The van der Waals surface area contributed by atoms with Gasteiger partial charge >= 0.3 is 0 Å². The Balaban J connectivity index is 1.76. The lowest BCUT2D eigenvalue weighted by Gasteiger charge is -2.34. The molecule has 0 spiro atoms. The third-order valence-electron chi connectivity index (χ3n) is 4.85. The molecule has 2 N–H and O–H groups in total. The highest BCUT2D eigenvalue weighted by Crippen LogP contribution is 2.36. The number of methoxy groups -OCH3 is 1. The number of nitrogens with zero attached hydrogens (tertiary/aromatic N) is 2. The van der Waals surface area contributed by atoms with E-state index in [0.717, 1.165) is 28.4 Å². The molecule has 8 heteroatoms. The molecule has 1 aliphatic heterocycles. The van der Waals surface area contributed by atoms with Crippen LogP contribution in [0.15, 0.2) is 83.8 Å². The number of hydrazine groups is 1. The van der Waals surface area contributed by atoms with Crippen LogP contribution in [0.25, 0.3) is 5.70 Å². The number of hydrogen-bond acceptors (Lipinski definition) is 5. The monoisotopic (exact) mass is 441 g/mol. The van der Waals surface area contributed by atoms with Crippen molar-refractivity contribution in [2.45, 2.75) is 4.90 Å². The summed E-state index contributed by atoms with van der Waals surface area (Å²) in [5.74, 6) is 0.774. The average molecular weight is 442 g/mol. The zero-order valence-corrected chi connectivity index (χ0v) is 17.8. The minimum absolute atomic E-state index is 0.0680. The first kappa shape index (κ1) is 20.3. The first-order valence-electron chi connectivity index (χ1n) is 9.17. The lowest BCUT2D eigenvalue weighted by Crippen LogP contribution is -2.37. The summed E-state index contributed by atoms with van der Waals surface area (Å²) < 4.78 is 28.6. The van der Waals surface area contributed by atoms with Gasteiger partial charge in [0.1, 0.15) is 5.75 Å². The molecule has 3 aromatic carbocycles. The molecule has 0 unspecified atom stereocenters. The summed E-state index contributed by atoms with van der Waals surface area (Å²) in [6, 6.07) is 21.9. The van der Waals surface area contributed by atoms with E-state index in [1.54, 1.807) is 19.2 Å². The SMILES string of the molecule is COc1ccc(C2=CCN(c3ccc(Cl)cc3)N2c2ccc(S(N)(=O)=O)cc2)cc1. The van der Waals surface area contributed by atoms with Gasteiger partial charge in [-0.1, -0.05) is 11.6 Å². The van der Waals surface area contributed by atoms with Gasteiger partial charge in [-0.25, -0.2) is 13.6 Å². The number of ether oxygens (including phenoxy) is 1. The number of rotatable bonds is 5. The van der Waals surface area contributed by atoms with Crippen molar-refractivity contribution in [3.63, 3.8) is 0 Å². The highest BCUT2D eigenvalue weighted by Gasteiger charge is 2.27. The first-order chi connectivity index (χ1) is 14.4. The second kappa shape index (κ2) is 8.02. The topological polar surface area (TPSA) is 75.9 Å². The zero-order valence-electron chi connectivity index (χ0n) is 16.2. The Kier molecular flexibility index (Phi) is 5.42. The Hall–Kier alpha value is -3.00. The molecule has 0 atom stereocenters. The van der Waals surface area contributed by atoms with Gasteiger partial charge < -0.3 is 4.74 Å². The van der Waals surface area contributed by atoms with E-state index < -0.39 is 10.0 Å². The van der Waals surface area contributed by atoms with Crippen molar-refractivity contribution in [3.8, 4) is 5.75 Å². The normalized spacial score (nSPS) is 14.0. The summed E-state index contributed by atoms with van der Waals surface area (Å²) in [7, 11) is -2.13. The van der Waals surface area contributed by atoms with Crippen LogP contribution in [0, 0.1) is 0 Å². The Morgan fingerprint density at radius 3 is 2.07 bits per heavy atom. The zero-order chi connectivity index (χ0) is 21.3. The Morgan fingerprint density at radius 1 is 0.900 bits per heavy atom. The van der Waals surface area contributed by atoms with Crippen LogP contribution < -0.4 is 19.9 Å². The van der Waals surface area contributed by atoms with E-state index in [-0.39, 0.29) is 4.90 Å². The van der Waals surface area contributed by atoms with Gasteiger partial charge in [0.15, 0.2) is 0 Å². The molecule has 154 valence electrons. The molecule has 0 saturated heterocycles. The van der Waals surface area contributed by atoms with Crippen LogP contribution in [0.1, 0.15) is 5.56 Å². The summed E-state index contributed by atoms with van der Waals surface area (Å²) in [5, 5.41) is 10.0. The van der Waals surface area contributed by atoms with Gasteiger partial charge in [0.25, 0.3) is 0 Å². The van der Waals surface area contributed by atoms with E-state index in [2.05, 4.69) is 11.1 Å². The number of sulfonamides is 1. The summed E-state index contributed by atoms with van der Waals surface area (Å²) >= 11 is 6.06. The van der Waals surface area contributed by atoms with Gasteiger partial charge in [0.2, 0.25) is 10.0 Å². The second-order valence-corrected chi connectivity index (χ2v) is 8.72. The number of primary sulfonamides is 1. The minimum atomic E-state index is -3.76. The van der Waals surface area contributed by atoms with Crippen LogP contribution in [0.2, 0.25) is 5.02 Å². The Bertz CT molecular complexity index is 1180. The highest BCUT2D eigenvalue weighted by atomic mass is 35.5. The molecule has 0 radical (unpaired) electrons. The number of nitrogens with two attached hydrogens (primary N) is 1. The second-order valence-electron chi connectivity index (χ2n) is 6.73. The van der Waals surface area contributed by atoms with Gasteiger partial charge in [-0.2, -0.15) is 0 Å². The fraction of sp³-hybridized carbons (Fsp3) is 0.0909. The number of anilines is 2. The van der Waals surface area contributed by atoms with E-state index in [0.29, 0.717) is 11.6 Å². The highest BCUT2D eigenvalue weighted by molar-refractivity contribution is 7.89. The Labute approximate surface area is 180 Å². The van der Waals surface area contributed by atoms with Crippen molar-refractivity contribution in [3.05, 3.63) is 89.5 Å². The molecular weight excluding hydrogens is 422 g/mol. The fourth-order valence-corrected chi connectivity index (χ4v) is 4.00. The van der Waals surface area contributed by atoms with Gasteiger partial charge in [-0.05, 0) is 78.9 Å². The first-order valence-corrected chi connectivity index (χ1v) is 11.1. The summed E-state index contributed by atoms with van der Waals surface area (Å²) in [4.78, 5) is 0.0680. The van der Waals surface area contributed by atoms with E-state index in [4.69, 9.17) is 21.5 Å². The van der Waals surface area contributed by atoms with Crippen LogP contribution in [-0.2, 0) is 10.0 Å². The van der Waals surface area contributed by atoms with Crippen molar-refractivity contribution in [2.24, 2.45) is 5.14 Å². The maximum Gasteiger partial charge on any atom is 0.238 e. The van der Waals surface area contributed by atoms with Crippen LogP contribution in [-0.4, -0.2) is 22.1 Å². The van der Waals surface area contributed by atoms with Crippen molar-refractivity contribution in [1.29, 1.82) is 0 Å². The van der Waals surface area contributed by atoms with Crippen LogP contribution in [0.5, 0.6) is 5.75 Å². The van der Waals surface area contributed by atoms with Crippen molar-refractivity contribution >= 4 is 38.7 Å². The molecule has 1 aliphatic rings. The fourth-order valence-electron chi connectivity index (χ4n) is 3.36. The number of halogens is 1. The lowest BCUT2D eigenvalue weighted by molar-refractivity contribution is 0.415. The quantitative estimate of drug-likeness (QED) is 0.639. The van der Waals surface area contributed by atoms with Crippen molar-refractivity contribution in [1.82, 2.24) is 0 Å². The molecule has 1 heterocycles. The molecular formula is C22H20ClN3O3S. The van der Waals surface area contributed by atoms with Gasteiger partial charge in [-0.3, -0.25) is 10.0 Å². The van der Waals surface area contributed by atoms with Crippen molar-refractivity contribution in [2.75, 3.05) is 23.7 Å². The van der Waals surface area contributed by atoms with E-state index >= 15 is 0 Å². The summed E-state index contributed by atoms with van der Waals surface area (Å²) in [6.07, 6.45) is 2.12. The maximum atomic E-state index is 11.6. The maximum absolute atomic E-state index is 11.6. The van der Waals surface area contributed by atoms with E-state index in [1.807, 2.05) is 53.5 Å². The van der Waals surface area contributed by atoms with Crippen LogP contribution >= 0.6 is 11.6 Å². The standard InChI is InChI=1S/C22H20ClN3O3S/c1-29-20-10-2-16(3-11-20)22-14-15-25(18-6-4-17(23)5-7-18)26(22)19-8-12-21(13-9-19)30(24,27)28/h2-14H,15H2,1H3,(H2,24,27,28). The predicted molar refractivity (Wildman–Crippen MR) is 120 cm³/mol. The average Bonchev–Trinajstić information content (AvgIpc) is 3.19. The van der Waals surface area contributed by atoms with Gasteiger partial charge in [0.05, 0.1) is 35.6 Å². The third-order valence-corrected chi connectivity index (χ3v) is 6.03. The van der Waals surface area contributed by atoms with Crippen LogP contribution in [0.4, 0.5) is 11.4 Å². The van der Waals surface area contributed by atoms with Crippen LogP contribution in [0.3, 0.4) is 0 Å². The molecule has 30 heavy (non-hydrogen) atoms. The summed E-state index contributed by atoms with van der Waals surface area (Å²) in [6.45, 7) is 0.639. The molecule has 3 aromatic rings. The smallest absolute Gasteiger partial charge is 0.238 e. The molecule has 4 rings (SSSR count). The lowest BCUT2D eigenvalue weighted by atomic mass is 10.1. The Morgan fingerprint density at radius 2 is 1.50 bits per heavy atom. The molecule has 0 bridgehead atoms. The van der Waals surface area contributed by atoms with E-state index in [9.17, 15) is 8.42 Å². The molecule has 0 saturated carbocycles. The predicted octanol–water partition coefficient (Wildman–Crippen LogP) is 4.28. The van der Waals surface area contributed by atoms with E-state index in [1.165, 1.54) is 12.1 Å².